The molecule has 4 rings (SSSR count). The summed E-state index contributed by atoms with van der Waals surface area (Å²) in [6, 6.07) is 12.6. The van der Waals surface area contributed by atoms with E-state index in [1.807, 2.05) is 47.7 Å². The minimum absolute atomic E-state index is 0.0596. The molecule has 31 heavy (non-hydrogen) atoms. The van der Waals surface area contributed by atoms with Crippen LogP contribution in [0.4, 0.5) is 4.39 Å². The SMILES string of the molecule is C[C@H](Cc1ccccn1)N(C)CC(=O)N1C[C@@H](c2ccc(F)cc2)[C@H](c2csnn2)C1. The van der Waals surface area contributed by atoms with Crippen LogP contribution in [0.1, 0.15) is 35.7 Å². The Labute approximate surface area is 185 Å². The van der Waals surface area contributed by atoms with E-state index in [1.54, 1.807) is 6.20 Å². The standard InChI is InChI=1S/C23H26FN5OS/c1-16(11-19-5-3-4-10-25-19)28(2)14-23(30)29-12-20(17-6-8-18(24)9-7-17)21(13-29)22-15-31-27-26-22/h3-10,15-16,20-21H,11-14H2,1-2H3/t16-,20+,21-/m1/s1. The van der Waals surface area contributed by atoms with Gasteiger partial charge in [-0.3, -0.25) is 14.7 Å². The normalized spacial score (nSPS) is 19.7. The second kappa shape index (κ2) is 9.62. The Morgan fingerprint density at radius 2 is 2.00 bits per heavy atom. The molecule has 0 radical (unpaired) electrons. The van der Waals surface area contributed by atoms with Crippen molar-refractivity contribution in [2.75, 3.05) is 26.7 Å². The Bertz CT molecular complexity index is 983. The van der Waals surface area contributed by atoms with Gasteiger partial charge in [-0.25, -0.2) is 4.39 Å². The number of amides is 1. The number of hydrogen-bond donors (Lipinski definition) is 0. The van der Waals surface area contributed by atoms with Crippen LogP contribution in [0, 0.1) is 5.82 Å². The highest BCUT2D eigenvalue weighted by atomic mass is 32.1. The zero-order valence-corrected chi connectivity index (χ0v) is 18.5. The quantitative estimate of drug-likeness (QED) is 0.565. The van der Waals surface area contributed by atoms with E-state index in [2.05, 4.69) is 26.4 Å². The van der Waals surface area contributed by atoms with E-state index in [9.17, 15) is 9.18 Å². The largest absolute Gasteiger partial charge is 0.340 e. The molecule has 1 saturated heterocycles. The minimum atomic E-state index is -0.259. The highest BCUT2D eigenvalue weighted by molar-refractivity contribution is 7.03. The lowest BCUT2D eigenvalue weighted by molar-refractivity contribution is -0.131. The van der Waals surface area contributed by atoms with Crippen molar-refractivity contribution >= 4 is 17.4 Å². The van der Waals surface area contributed by atoms with Gasteiger partial charge in [0.15, 0.2) is 0 Å². The molecule has 6 nitrogen and oxygen atoms in total. The molecule has 1 fully saturated rings. The van der Waals surface area contributed by atoms with Gasteiger partial charge in [0.25, 0.3) is 0 Å². The fourth-order valence-electron chi connectivity index (χ4n) is 4.13. The number of nitrogens with zero attached hydrogens (tertiary/aromatic N) is 5. The second-order valence-electron chi connectivity index (χ2n) is 8.18. The first-order valence-electron chi connectivity index (χ1n) is 10.4. The molecule has 1 aromatic carbocycles. The van der Waals surface area contributed by atoms with Crippen LogP contribution in [-0.4, -0.2) is 63.0 Å². The lowest BCUT2D eigenvalue weighted by atomic mass is 9.87. The molecule has 162 valence electrons. The van der Waals surface area contributed by atoms with Gasteiger partial charge in [-0.1, -0.05) is 22.7 Å². The third kappa shape index (κ3) is 5.14. The third-order valence-electron chi connectivity index (χ3n) is 6.10. The van der Waals surface area contributed by atoms with Crippen LogP contribution < -0.4 is 0 Å². The van der Waals surface area contributed by atoms with Crippen molar-refractivity contribution < 1.29 is 9.18 Å². The second-order valence-corrected chi connectivity index (χ2v) is 8.79. The lowest BCUT2D eigenvalue weighted by Crippen LogP contribution is -2.42. The number of benzene rings is 1. The summed E-state index contributed by atoms with van der Waals surface area (Å²) in [5, 5.41) is 6.20. The number of likely N-dealkylation sites (N-methyl/N-ethyl adjacent to an activating group) is 1. The summed E-state index contributed by atoms with van der Waals surface area (Å²) in [4.78, 5) is 21.5. The molecule has 3 aromatic rings. The smallest absolute Gasteiger partial charge is 0.236 e. The number of carbonyl (C=O) groups excluding carboxylic acids is 1. The van der Waals surface area contributed by atoms with E-state index in [-0.39, 0.29) is 29.6 Å². The van der Waals surface area contributed by atoms with E-state index in [0.717, 1.165) is 23.4 Å². The maximum atomic E-state index is 13.4. The maximum absolute atomic E-state index is 13.4. The highest BCUT2D eigenvalue weighted by Crippen LogP contribution is 2.39. The molecule has 2 aromatic heterocycles. The van der Waals surface area contributed by atoms with Crippen LogP contribution in [0.2, 0.25) is 0 Å². The molecule has 0 unspecified atom stereocenters. The van der Waals surface area contributed by atoms with Crippen molar-refractivity contribution in [1.29, 1.82) is 0 Å². The van der Waals surface area contributed by atoms with E-state index in [0.29, 0.717) is 19.6 Å². The molecule has 0 spiro atoms. The number of pyridine rings is 1. The van der Waals surface area contributed by atoms with Gasteiger partial charge in [0.1, 0.15) is 5.82 Å². The van der Waals surface area contributed by atoms with Gasteiger partial charge in [-0.05, 0) is 55.3 Å². The summed E-state index contributed by atoms with van der Waals surface area (Å²) in [5.74, 6) is -0.0349. The van der Waals surface area contributed by atoms with Gasteiger partial charge in [0, 0.05) is 54.7 Å². The predicted octanol–water partition coefficient (Wildman–Crippen LogP) is 3.34. The van der Waals surface area contributed by atoms with Crippen LogP contribution in [0.25, 0.3) is 0 Å². The molecule has 8 heteroatoms. The van der Waals surface area contributed by atoms with E-state index < -0.39 is 0 Å². The third-order valence-corrected chi connectivity index (χ3v) is 6.62. The monoisotopic (exact) mass is 439 g/mol. The zero-order chi connectivity index (χ0) is 21.8. The summed E-state index contributed by atoms with van der Waals surface area (Å²) in [6.07, 6.45) is 2.58. The minimum Gasteiger partial charge on any atom is -0.340 e. The van der Waals surface area contributed by atoms with Crippen molar-refractivity contribution in [3.63, 3.8) is 0 Å². The first-order valence-corrected chi connectivity index (χ1v) is 11.2. The molecule has 0 saturated carbocycles. The zero-order valence-electron chi connectivity index (χ0n) is 17.7. The van der Waals surface area contributed by atoms with Gasteiger partial charge >= 0.3 is 0 Å². The van der Waals surface area contributed by atoms with Crippen molar-refractivity contribution in [3.8, 4) is 0 Å². The number of halogens is 1. The number of likely N-dealkylation sites (tertiary alicyclic amines) is 1. The average Bonchev–Trinajstić information content (AvgIpc) is 3.45. The number of hydrogen-bond acceptors (Lipinski definition) is 6. The van der Waals surface area contributed by atoms with Crippen LogP contribution >= 0.6 is 11.5 Å². The van der Waals surface area contributed by atoms with Crippen molar-refractivity contribution in [2.24, 2.45) is 0 Å². The molecular formula is C23H26FN5OS. The van der Waals surface area contributed by atoms with E-state index >= 15 is 0 Å². The number of carbonyl (C=O) groups is 1. The van der Waals surface area contributed by atoms with Gasteiger partial charge in [-0.15, -0.1) is 5.10 Å². The summed E-state index contributed by atoms with van der Waals surface area (Å²) in [6.45, 7) is 3.63. The Morgan fingerprint density at radius 3 is 2.68 bits per heavy atom. The van der Waals surface area contributed by atoms with E-state index in [1.165, 1.54) is 23.7 Å². The van der Waals surface area contributed by atoms with E-state index in [4.69, 9.17) is 0 Å². The highest BCUT2D eigenvalue weighted by Gasteiger charge is 2.38. The molecule has 1 aliphatic heterocycles. The van der Waals surface area contributed by atoms with Crippen molar-refractivity contribution in [2.45, 2.75) is 31.2 Å². The first kappa shape index (κ1) is 21.5. The van der Waals surface area contributed by atoms with Crippen LogP contribution in [-0.2, 0) is 11.2 Å². The van der Waals surface area contributed by atoms with Gasteiger partial charge < -0.3 is 4.90 Å². The summed E-state index contributed by atoms with van der Waals surface area (Å²) in [5.41, 5.74) is 2.93. The lowest BCUT2D eigenvalue weighted by Gasteiger charge is -2.26. The van der Waals surface area contributed by atoms with Gasteiger partial charge in [0.05, 0.1) is 12.2 Å². The Morgan fingerprint density at radius 1 is 1.23 bits per heavy atom. The average molecular weight is 440 g/mol. The topological polar surface area (TPSA) is 62.2 Å². The molecule has 3 atom stereocenters. The van der Waals surface area contributed by atoms with Crippen molar-refractivity contribution in [1.82, 2.24) is 24.4 Å². The molecule has 0 aliphatic carbocycles. The Kier molecular flexibility index (Phi) is 6.67. The Balaban J connectivity index is 1.43. The molecule has 1 aliphatic rings. The summed E-state index contributed by atoms with van der Waals surface area (Å²) in [7, 11) is 1.97. The van der Waals surface area contributed by atoms with Crippen molar-refractivity contribution in [3.05, 3.63) is 76.8 Å². The molecule has 1 amide bonds. The van der Waals surface area contributed by atoms with Crippen LogP contribution in [0.15, 0.2) is 54.0 Å². The number of aromatic nitrogens is 3. The molecular weight excluding hydrogens is 413 g/mol. The van der Waals surface area contributed by atoms with Gasteiger partial charge in [0.2, 0.25) is 5.91 Å². The number of rotatable bonds is 7. The summed E-state index contributed by atoms with van der Waals surface area (Å²) >= 11 is 1.31. The molecule has 0 bridgehead atoms. The van der Waals surface area contributed by atoms with Crippen LogP contribution in [0.3, 0.4) is 0 Å². The maximum Gasteiger partial charge on any atom is 0.236 e. The Hall–Kier alpha value is -2.71. The summed E-state index contributed by atoms with van der Waals surface area (Å²) < 4.78 is 17.4. The predicted molar refractivity (Wildman–Crippen MR) is 118 cm³/mol. The molecule has 0 N–H and O–H groups in total. The first-order chi connectivity index (χ1) is 15.0. The fourth-order valence-corrected chi connectivity index (χ4v) is 4.65. The van der Waals surface area contributed by atoms with Gasteiger partial charge in [-0.2, -0.15) is 0 Å². The van der Waals surface area contributed by atoms with Crippen LogP contribution in [0.5, 0.6) is 0 Å². The fraction of sp³-hybridized carbons (Fsp3) is 0.391. The molecule has 3 heterocycles.